The molecule has 268 valence electrons. The van der Waals surface area contributed by atoms with Crippen molar-refractivity contribution in [3.8, 4) is 33.5 Å². The van der Waals surface area contributed by atoms with Gasteiger partial charge in [0.05, 0.1) is 22.9 Å². The maximum atomic E-state index is 6.89. The van der Waals surface area contributed by atoms with Gasteiger partial charge in [-0.3, -0.25) is 4.98 Å². The molecular formula is C52H38N2O2. The molecule has 4 nitrogen and oxygen atoms in total. The molecule has 0 aliphatic heterocycles. The van der Waals surface area contributed by atoms with Crippen LogP contribution in [0.2, 0.25) is 0 Å². The van der Waals surface area contributed by atoms with Crippen LogP contribution in [0.25, 0.3) is 110 Å². The van der Waals surface area contributed by atoms with Crippen LogP contribution in [0.5, 0.6) is 0 Å². The van der Waals surface area contributed by atoms with E-state index in [-0.39, 0.29) is 0 Å². The van der Waals surface area contributed by atoms with E-state index in [0.717, 1.165) is 127 Å². The SMILES string of the molecule is Cc1cc(C)c2oc3c(-c4cccc(-c5cc(C)cc6c5oc5c(C)cc(C)cc56)c4-c4cnc5c6ccccc6c6ccccc6c5n4)cc(C)cc3c2c1. The van der Waals surface area contributed by atoms with Crippen LogP contribution in [0.4, 0.5) is 0 Å². The molecule has 0 N–H and O–H groups in total. The van der Waals surface area contributed by atoms with Crippen molar-refractivity contribution < 1.29 is 8.83 Å². The highest BCUT2D eigenvalue weighted by molar-refractivity contribution is 6.23. The Balaban J connectivity index is 1.29. The van der Waals surface area contributed by atoms with Gasteiger partial charge in [-0.1, -0.05) is 78.9 Å². The van der Waals surface area contributed by atoms with Crippen LogP contribution in [0.1, 0.15) is 33.4 Å². The number of hydrogen-bond acceptors (Lipinski definition) is 4. The summed E-state index contributed by atoms with van der Waals surface area (Å²) >= 11 is 0. The Morgan fingerprint density at radius 2 is 0.804 bits per heavy atom. The van der Waals surface area contributed by atoms with Gasteiger partial charge in [0.2, 0.25) is 0 Å². The van der Waals surface area contributed by atoms with E-state index < -0.39 is 0 Å². The van der Waals surface area contributed by atoms with E-state index in [2.05, 4.69) is 157 Å². The topological polar surface area (TPSA) is 52.1 Å². The van der Waals surface area contributed by atoms with Crippen LogP contribution in [-0.4, -0.2) is 9.97 Å². The van der Waals surface area contributed by atoms with E-state index in [1.807, 2.05) is 6.20 Å². The third-order valence-electron chi connectivity index (χ3n) is 11.6. The standard InChI is InChI=1S/C52H38N2O2/c1-27-18-31(5)49-41(20-27)43-24-29(3)22-39(51(43)55-49)35-16-11-17-36(40-23-30(4)25-44-42-21-28(2)19-32(6)50(42)56-52(40)44)46(35)45-26-53-47-37-14-9-7-12-33(37)34-13-8-10-15-38(34)48(47)54-45/h7-26H,1-6H3. The first-order valence-corrected chi connectivity index (χ1v) is 19.3. The second-order valence-corrected chi connectivity index (χ2v) is 15.8. The minimum Gasteiger partial charge on any atom is -0.455 e. The number of rotatable bonds is 3. The lowest BCUT2D eigenvalue weighted by Gasteiger charge is -2.18. The lowest BCUT2D eigenvalue weighted by molar-refractivity contribution is 0.666. The van der Waals surface area contributed by atoms with Crippen LogP contribution in [0, 0.1) is 41.5 Å². The van der Waals surface area contributed by atoms with Gasteiger partial charge in [-0.25, -0.2) is 4.98 Å². The van der Waals surface area contributed by atoms with E-state index in [4.69, 9.17) is 18.8 Å². The summed E-state index contributed by atoms with van der Waals surface area (Å²) in [4.78, 5) is 10.9. The number of furan rings is 2. The quantitative estimate of drug-likeness (QED) is 0.170. The normalized spacial score (nSPS) is 12.1. The van der Waals surface area contributed by atoms with Crippen LogP contribution < -0.4 is 0 Å². The molecule has 11 rings (SSSR count). The average molecular weight is 723 g/mol. The van der Waals surface area contributed by atoms with Gasteiger partial charge in [0.15, 0.2) is 0 Å². The molecule has 11 aromatic rings. The number of benzene rings is 8. The molecule has 0 amide bonds. The Morgan fingerprint density at radius 3 is 1.30 bits per heavy atom. The highest BCUT2D eigenvalue weighted by Crippen LogP contribution is 2.48. The van der Waals surface area contributed by atoms with Gasteiger partial charge in [0, 0.05) is 49.0 Å². The zero-order valence-electron chi connectivity index (χ0n) is 32.3. The predicted octanol–water partition coefficient (Wildman–Crippen LogP) is 14.6. The van der Waals surface area contributed by atoms with Crippen molar-refractivity contribution in [2.75, 3.05) is 0 Å². The molecule has 0 spiro atoms. The first-order valence-electron chi connectivity index (χ1n) is 19.3. The summed E-state index contributed by atoms with van der Waals surface area (Å²) in [5, 5.41) is 9.01. The van der Waals surface area contributed by atoms with Gasteiger partial charge in [0.1, 0.15) is 22.3 Å². The molecule has 0 atom stereocenters. The Bertz CT molecular complexity index is 3310. The molecule has 0 saturated carbocycles. The molecule has 0 bridgehead atoms. The van der Waals surface area contributed by atoms with Gasteiger partial charge < -0.3 is 8.83 Å². The monoisotopic (exact) mass is 722 g/mol. The summed E-state index contributed by atoms with van der Waals surface area (Å²) in [6, 6.07) is 41.5. The first kappa shape index (κ1) is 32.6. The first-order chi connectivity index (χ1) is 27.2. The number of aryl methyl sites for hydroxylation is 6. The second kappa shape index (κ2) is 11.9. The fourth-order valence-corrected chi connectivity index (χ4v) is 9.37. The third-order valence-corrected chi connectivity index (χ3v) is 11.6. The minimum atomic E-state index is 0.791. The molecule has 56 heavy (non-hydrogen) atoms. The van der Waals surface area contributed by atoms with Crippen LogP contribution in [0.15, 0.2) is 130 Å². The molecule has 3 aromatic heterocycles. The highest BCUT2D eigenvalue weighted by Gasteiger charge is 2.24. The summed E-state index contributed by atoms with van der Waals surface area (Å²) < 4.78 is 13.8. The van der Waals surface area contributed by atoms with E-state index in [0.29, 0.717) is 0 Å². The maximum absolute atomic E-state index is 6.89. The molecule has 0 radical (unpaired) electrons. The zero-order valence-corrected chi connectivity index (χ0v) is 32.3. The van der Waals surface area contributed by atoms with Crippen LogP contribution >= 0.6 is 0 Å². The van der Waals surface area contributed by atoms with Gasteiger partial charge in [0.25, 0.3) is 0 Å². The van der Waals surface area contributed by atoms with E-state index in [1.54, 1.807) is 0 Å². The Morgan fingerprint density at radius 1 is 0.375 bits per heavy atom. The summed E-state index contributed by atoms with van der Waals surface area (Å²) in [7, 11) is 0. The fourth-order valence-electron chi connectivity index (χ4n) is 9.37. The molecule has 0 unspecified atom stereocenters. The average Bonchev–Trinajstić information content (AvgIpc) is 3.75. The highest BCUT2D eigenvalue weighted by atomic mass is 16.3. The van der Waals surface area contributed by atoms with Crippen molar-refractivity contribution in [1.29, 1.82) is 0 Å². The summed E-state index contributed by atoms with van der Waals surface area (Å²) in [5.41, 5.74) is 18.3. The minimum absolute atomic E-state index is 0.791. The fraction of sp³-hybridized carbons (Fsp3) is 0.115. The lowest BCUT2D eigenvalue weighted by Crippen LogP contribution is -1.97. The molecule has 0 saturated heterocycles. The smallest absolute Gasteiger partial charge is 0.143 e. The van der Waals surface area contributed by atoms with Crippen molar-refractivity contribution in [1.82, 2.24) is 9.97 Å². The molecule has 0 aliphatic rings. The van der Waals surface area contributed by atoms with Crippen LogP contribution in [-0.2, 0) is 0 Å². The summed E-state index contributed by atoms with van der Waals surface area (Å²) in [6.45, 7) is 12.9. The third kappa shape index (κ3) is 4.72. The molecular weight excluding hydrogens is 685 g/mol. The van der Waals surface area contributed by atoms with Crippen molar-refractivity contribution >= 4 is 76.5 Å². The predicted molar refractivity (Wildman–Crippen MR) is 234 cm³/mol. The Labute approximate surface area is 324 Å². The zero-order chi connectivity index (χ0) is 38.0. The number of aromatic nitrogens is 2. The lowest BCUT2D eigenvalue weighted by atomic mass is 9.87. The van der Waals surface area contributed by atoms with Crippen molar-refractivity contribution in [3.63, 3.8) is 0 Å². The second-order valence-electron chi connectivity index (χ2n) is 15.8. The van der Waals surface area contributed by atoms with Gasteiger partial charge >= 0.3 is 0 Å². The van der Waals surface area contributed by atoms with E-state index >= 15 is 0 Å². The number of hydrogen-bond donors (Lipinski definition) is 0. The van der Waals surface area contributed by atoms with Gasteiger partial charge in [-0.2, -0.15) is 0 Å². The largest absolute Gasteiger partial charge is 0.455 e. The van der Waals surface area contributed by atoms with E-state index in [1.165, 1.54) is 16.5 Å². The van der Waals surface area contributed by atoms with Gasteiger partial charge in [-0.05, 0) is 133 Å². The Kier molecular flexibility index (Phi) is 6.91. The molecule has 3 heterocycles. The van der Waals surface area contributed by atoms with Crippen molar-refractivity contribution in [2.24, 2.45) is 0 Å². The summed E-state index contributed by atoms with van der Waals surface area (Å²) in [6.07, 6.45) is 1.96. The number of nitrogens with zero attached hydrogens (tertiary/aromatic N) is 2. The maximum Gasteiger partial charge on any atom is 0.143 e. The molecule has 8 aromatic carbocycles. The Hall–Kier alpha value is -6.78. The number of fused-ring (bicyclic) bond motifs is 12. The molecule has 4 heteroatoms. The van der Waals surface area contributed by atoms with E-state index in [9.17, 15) is 0 Å². The van der Waals surface area contributed by atoms with Gasteiger partial charge in [-0.15, -0.1) is 0 Å². The summed E-state index contributed by atoms with van der Waals surface area (Å²) in [5.74, 6) is 0. The van der Waals surface area contributed by atoms with Crippen LogP contribution in [0.3, 0.4) is 0 Å². The van der Waals surface area contributed by atoms with Crippen molar-refractivity contribution in [3.05, 3.63) is 155 Å². The van der Waals surface area contributed by atoms with Crippen molar-refractivity contribution in [2.45, 2.75) is 41.5 Å². The molecule has 0 aliphatic carbocycles. The molecule has 0 fully saturated rings.